The molecule has 1 saturated carbocycles. The highest BCUT2D eigenvalue weighted by molar-refractivity contribution is 5.04. The van der Waals surface area contributed by atoms with Gasteiger partial charge in [-0.2, -0.15) is 0 Å². The van der Waals surface area contributed by atoms with Crippen molar-refractivity contribution in [3.05, 3.63) is 0 Å². The van der Waals surface area contributed by atoms with E-state index in [1.165, 1.54) is 83.5 Å². The number of ether oxygens (including phenoxy) is 1. The SMILES string of the molecule is OCCCOCCCCCCCCCCCC#CC1CCCC1. The predicted molar refractivity (Wildman–Crippen MR) is 98.4 cm³/mol. The topological polar surface area (TPSA) is 29.5 Å². The fraction of sp³-hybridized carbons (Fsp3) is 0.905. The van der Waals surface area contributed by atoms with E-state index in [0.717, 1.165) is 25.4 Å². The second-order valence-electron chi connectivity index (χ2n) is 6.92. The molecule has 0 aliphatic heterocycles. The molecule has 0 aromatic carbocycles. The maximum atomic E-state index is 8.63. The van der Waals surface area contributed by atoms with Crippen LogP contribution in [0.15, 0.2) is 0 Å². The number of aliphatic hydroxyl groups is 1. The standard InChI is InChI=1S/C21H38O2/c22-18-14-20-23-19-13-9-7-5-3-1-2-4-6-8-10-15-21-16-11-12-17-21/h21-22H,1-9,11-14,16-20H2. The Morgan fingerprint density at radius 2 is 1.30 bits per heavy atom. The van der Waals surface area contributed by atoms with Gasteiger partial charge in [0.15, 0.2) is 0 Å². The van der Waals surface area contributed by atoms with Gasteiger partial charge in [0.1, 0.15) is 0 Å². The first-order valence-corrected chi connectivity index (χ1v) is 10.1. The van der Waals surface area contributed by atoms with Crippen LogP contribution in [-0.2, 0) is 4.74 Å². The molecular formula is C21H38O2. The zero-order chi connectivity index (χ0) is 16.4. The number of unbranched alkanes of at least 4 members (excludes halogenated alkanes) is 9. The summed E-state index contributed by atoms with van der Waals surface area (Å²) in [6, 6.07) is 0. The first kappa shape index (κ1) is 20.5. The van der Waals surface area contributed by atoms with Crippen molar-refractivity contribution in [2.75, 3.05) is 19.8 Å². The molecule has 1 fully saturated rings. The fourth-order valence-corrected chi connectivity index (χ4v) is 3.21. The van der Waals surface area contributed by atoms with Gasteiger partial charge >= 0.3 is 0 Å². The van der Waals surface area contributed by atoms with Crippen molar-refractivity contribution >= 4 is 0 Å². The Balaban J connectivity index is 1.70. The van der Waals surface area contributed by atoms with E-state index in [4.69, 9.17) is 9.84 Å². The Labute approximate surface area is 144 Å². The summed E-state index contributed by atoms with van der Waals surface area (Å²) in [5.41, 5.74) is 0. The highest BCUT2D eigenvalue weighted by Gasteiger charge is 2.10. The van der Waals surface area contributed by atoms with E-state index < -0.39 is 0 Å². The van der Waals surface area contributed by atoms with Crippen LogP contribution in [0.25, 0.3) is 0 Å². The molecular weight excluding hydrogens is 284 g/mol. The number of hydrogen-bond donors (Lipinski definition) is 1. The van der Waals surface area contributed by atoms with E-state index in [9.17, 15) is 0 Å². The molecule has 0 saturated heterocycles. The molecule has 0 unspecified atom stereocenters. The van der Waals surface area contributed by atoms with E-state index in [2.05, 4.69) is 11.8 Å². The minimum absolute atomic E-state index is 0.243. The lowest BCUT2D eigenvalue weighted by atomic mass is 10.1. The molecule has 0 atom stereocenters. The van der Waals surface area contributed by atoms with Gasteiger partial charge in [-0.25, -0.2) is 0 Å². The Kier molecular flexibility index (Phi) is 14.6. The summed E-state index contributed by atoms with van der Waals surface area (Å²) in [6.07, 6.45) is 19.4. The van der Waals surface area contributed by atoms with Crippen molar-refractivity contribution in [3.63, 3.8) is 0 Å². The van der Waals surface area contributed by atoms with Crippen LogP contribution >= 0.6 is 0 Å². The summed E-state index contributed by atoms with van der Waals surface area (Å²) in [5.74, 6) is 7.58. The van der Waals surface area contributed by atoms with E-state index in [0.29, 0.717) is 6.61 Å². The van der Waals surface area contributed by atoms with E-state index in [-0.39, 0.29) is 6.61 Å². The molecule has 1 rings (SSSR count). The van der Waals surface area contributed by atoms with Gasteiger partial charge in [0.25, 0.3) is 0 Å². The quantitative estimate of drug-likeness (QED) is 0.339. The summed E-state index contributed by atoms with van der Waals surface area (Å²) in [6.45, 7) is 1.82. The Hall–Kier alpha value is -0.520. The highest BCUT2D eigenvalue weighted by Crippen LogP contribution is 2.23. The van der Waals surface area contributed by atoms with Crippen molar-refractivity contribution in [2.45, 2.75) is 96.3 Å². The summed E-state index contributed by atoms with van der Waals surface area (Å²) in [4.78, 5) is 0. The van der Waals surface area contributed by atoms with Crippen LogP contribution in [0.5, 0.6) is 0 Å². The predicted octanol–water partition coefficient (Wildman–Crippen LogP) is 5.48. The number of rotatable bonds is 14. The van der Waals surface area contributed by atoms with Crippen molar-refractivity contribution in [2.24, 2.45) is 5.92 Å². The lowest BCUT2D eigenvalue weighted by Gasteiger charge is -2.03. The minimum atomic E-state index is 0.243. The van der Waals surface area contributed by atoms with Crippen LogP contribution in [0.4, 0.5) is 0 Å². The molecule has 0 amide bonds. The summed E-state index contributed by atoms with van der Waals surface area (Å²) in [7, 11) is 0. The van der Waals surface area contributed by atoms with Crippen LogP contribution in [-0.4, -0.2) is 24.9 Å². The zero-order valence-corrected chi connectivity index (χ0v) is 15.2. The smallest absolute Gasteiger partial charge is 0.0487 e. The summed E-state index contributed by atoms with van der Waals surface area (Å²) < 4.78 is 5.43. The molecule has 0 bridgehead atoms. The summed E-state index contributed by atoms with van der Waals surface area (Å²) in [5, 5.41) is 8.63. The van der Waals surface area contributed by atoms with Crippen molar-refractivity contribution in [3.8, 4) is 11.8 Å². The van der Waals surface area contributed by atoms with Crippen molar-refractivity contribution in [1.29, 1.82) is 0 Å². The fourth-order valence-electron chi connectivity index (χ4n) is 3.21. The third kappa shape index (κ3) is 13.6. The van der Waals surface area contributed by atoms with Gasteiger partial charge in [-0.1, -0.05) is 63.7 Å². The molecule has 134 valence electrons. The van der Waals surface area contributed by atoms with Crippen molar-refractivity contribution < 1.29 is 9.84 Å². The summed E-state index contributed by atoms with van der Waals surface area (Å²) >= 11 is 0. The van der Waals surface area contributed by atoms with Crippen molar-refractivity contribution in [1.82, 2.24) is 0 Å². The number of aliphatic hydroxyl groups excluding tert-OH is 1. The van der Waals surface area contributed by atoms with Gasteiger partial charge in [0.05, 0.1) is 0 Å². The Bertz CT molecular complexity index is 297. The van der Waals surface area contributed by atoms with Gasteiger partial charge < -0.3 is 9.84 Å². The second-order valence-corrected chi connectivity index (χ2v) is 6.92. The van der Waals surface area contributed by atoms with Gasteiger partial charge in [0.2, 0.25) is 0 Å². The average molecular weight is 323 g/mol. The molecule has 0 radical (unpaired) electrons. The van der Waals surface area contributed by atoms with Gasteiger partial charge in [-0.15, -0.1) is 5.92 Å². The average Bonchev–Trinajstić information content (AvgIpc) is 3.08. The molecule has 2 heteroatoms. The molecule has 1 N–H and O–H groups in total. The molecule has 0 aromatic rings. The molecule has 0 spiro atoms. The molecule has 0 aromatic heterocycles. The van der Waals surface area contributed by atoms with Crippen LogP contribution in [0.2, 0.25) is 0 Å². The third-order valence-corrected chi connectivity index (χ3v) is 4.70. The van der Waals surface area contributed by atoms with Crippen LogP contribution in [0, 0.1) is 17.8 Å². The normalized spacial score (nSPS) is 14.8. The monoisotopic (exact) mass is 322 g/mol. The molecule has 1 aliphatic carbocycles. The first-order valence-electron chi connectivity index (χ1n) is 10.1. The highest BCUT2D eigenvalue weighted by atomic mass is 16.5. The lowest BCUT2D eigenvalue weighted by Crippen LogP contribution is -1.98. The lowest BCUT2D eigenvalue weighted by molar-refractivity contribution is 0.112. The third-order valence-electron chi connectivity index (χ3n) is 4.70. The van der Waals surface area contributed by atoms with Gasteiger partial charge in [-0.3, -0.25) is 0 Å². The second kappa shape index (κ2) is 16.3. The van der Waals surface area contributed by atoms with Crippen LogP contribution in [0.3, 0.4) is 0 Å². The van der Waals surface area contributed by atoms with E-state index in [1.54, 1.807) is 0 Å². The Morgan fingerprint density at radius 1 is 0.739 bits per heavy atom. The van der Waals surface area contributed by atoms with Gasteiger partial charge in [0, 0.05) is 32.2 Å². The Morgan fingerprint density at radius 3 is 1.96 bits per heavy atom. The van der Waals surface area contributed by atoms with Crippen LogP contribution in [0.1, 0.15) is 96.3 Å². The maximum Gasteiger partial charge on any atom is 0.0487 e. The maximum absolute atomic E-state index is 8.63. The van der Waals surface area contributed by atoms with Gasteiger partial charge in [-0.05, 0) is 32.1 Å². The number of hydrogen-bond acceptors (Lipinski definition) is 2. The molecule has 0 heterocycles. The van der Waals surface area contributed by atoms with E-state index in [1.807, 2.05) is 0 Å². The molecule has 2 nitrogen and oxygen atoms in total. The van der Waals surface area contributed by atoms with Crippen LogP contribution < -0.4 is 0 Å². The molecule has 23 heavy (non-hydrogen) atoms. The first-order chi connectivity index (χ1) is 11.4. The zero-order valence-electron chi connectivity index (χ0n) is 15.2. The minimum Gasteiger partial charge on any atom is -0.396 e. The largest absolute Gasteiger partial charge is 0.396 e. The molecule has 1 aliphatic rings. The van der Waals surface area contributed by atoms with E-state index >= 15 is 0 Å².